The van der Waals surface area contributed by atoms with Crippen LogP contribution in [-0.4, -0.2) is 70.4 Å². The van der Waals surface area contributed by atoms with Gasteiger partial charge in [-0.2, -0.15) is 0 Å². The molecule has 3 heterocycles. The van der Waals surface area contributed by atoms with Gasteiger partial charge in [0.2, 0.25) is 5.75 Å². The van der Waals surface area contributed by atoms with E-state index in [0.29, 0.717) is 77.8 Å². The van der Waals surface area contributed by atoms with E-state index in [1.807, 2.05) is 12.1 Å². The number of esters is 1. The first-order valence-corrected chi connectivity index (χ1v) is 13.0. The first kappa shape index (κ1) is 30.5. The standard InChI is InChI=1S/C30H31N3O8.ClH/c1-36-24-15-20(16-25(37-2)28(24)38-3)26-22-6-5-21(41-18-19-7-9-31-10-8-19)17-23(22)29(34)33(27(26)30(35)39-4)32-11-13-40-14-12-32;/h5-10,15-17H,11-14,18H2,1-4H3;1H. The maximum atomic E-state index is 14.2. The maximum Gasteiger partial charge on any atom is 0.357 e. The van der Waals surface area contributed by atoms with Crippen molar-refractivity contribution in [2.24, 2.45) is 0 Å². The number of benzene rings is 2. The molecule has 5 rings (SSSR count). The summed E-state index contributed by atoms with van der Waals surface area (Å²) in [5.74, 6) is 1.02. The fourth-order valence-corrected chi connectivity index (χ4v) is 4.93. The second kappa shape index (κ2) is 13.5. The Hall–Kier alpha value is -4.48. The topological polar surface area (TPSA) is 111 Å². The number of carbonyl (C=O) groups excluding carboxylic acids is 1. The zero-order chi connectivity index (χ0) is 28.9. The monoisotopic (exact) mass is 597 g/mol. The van der Waals surface area contributed by atoms with Crippen LogP contribution in [-0.2, 0) is 16.1 Å². The van der Waals surface area contributed by atoms with Crippen LogP contribution in [0.2, 0.25) is 0 Å². The van der Waals surface area contributed by atoms with Gasteiger partial charge in [0.25, 0.3) is 5.56 Å². The normalized spacial score (nSPS) is 12.8. The van der Waals surface area contributed by atoms with Crippen LogP contribution in [0.5, 0.6) is 23.0 Å². The van der Waals surface area contributed by atoms with Gasteiger partial charge in [-0.3, -0.25) is 9.78 Å². The van der Waals surface area contributed by atoms with E-state index in [4.69, 9.17) is 28.4 Å². The van der Waals surface area contributed by atoms with E-state index < -0.39 is 5.97 Å². The second-order valence-corrected chi connectivity index (χ2v) is 9.16. The summed E-state index contributed by atoms with van der Waals surface area (Å²) in [6.45, 7) is 1.91. The lowest BCUT2D eigenvalue weighted by Crippen LogP contribution is -2.51. The lowest BCUT2D eigenvalue weighted by Gasteiger charge is -2.33. The van der Waals surface area contributed by atoms with Crippen LogP contribution in [0.1, 0.15) is 16.1 Å². The summed E-state index contributed by atoms with van der Waals surface area (Å²) >= 11 is 0. The SMILES string of the molecule is COC(=O)c1c(-c2cc(OC)c(OC)c(OC)c2)c2ccc(OCc3ccncc3)cc2c(=O)n1N1CCOCC1.Cl. The van der Waals surface area contributed by atoms with Crippen molar-refractivity contribution in [3.8, 4) is 34.1 Å². The molecule has 222 valence electrons. The summed E-state index contributed by atoms with van der Waals surface area (Å²) in [4.78, 5) is 31.7. The number of morpholine rings is 1. The van der Waals surface area contributed by atoms with Crippen LogP contribution < -0.4 is 29.5 Å². The molecule has 0 spiro atoms. The number of fused-ring (bicyclic) bond motifs is 1. The van der Waals surface area contributed by atoms with Crippen molar-refractivity contribution in [2.45, 2.75) is 6.61 Å². The van der Waals surface area contributed by atoms with Gasteiger partial charge in [0, 0.05) is 18.0 Å². The molecule has 1 fully saturated rings. The summed E-state index contributed by atoms with van der Waals surface area (Å²) < 4.78 is 34.9. The van der Waals surface area contributed by atoms with Crippen molar-refractivity contribution in [1.82, 2.24) is 9.66 Å². The van der Waals surface area contributed by atoms with Crippen molar-refractivity contribution < 1.29 is 33.2 Å². The molecule has 0 saturated carbocycles. The Morgan fingerprint density at radius 3 is 2.17 bits per heavy atom. The molecule has 0 N–H and O–H groups in total. The summed E-state index contributed by atoms with van der Waals surface area (Å²) in [6, 6.07) is 12.4. The van der Waals surface area contributed by atoms with Crippen LogP contribution in [0.25, 0.3) is 21.9 Å². The Balaban J connectivity index is 0.00000405. The van der Waals surface area contributed by atoms with E-state index in [1.54, 1.807) is 47.7 Å². The van der Waals surface area contributed by atoms with Crippen LogP contribution in [0.15, 0.2) is 59.7 Å². The first-order chi connectivity index (χ1) is 20.0. The molecule has 1 saturated heterocycles. The van der Waals surface area contributed by atoms with Crippen LogP contribution in [0.4, 0.5) is 0 Å². The number of hydrogen-bond acceptors (Lipinski definition) is 10. The van der Waals surface area contributed by atoms with E-state index in [2.05, 4.69) is 4.98 Å². The molecule has 0 atom stereocenters. The van der Waals surface area contributed by atoms with Crippen LogP contribution >= 0.6 is 12.4 Å². The summed E-state index contributed by atoms with van der Waals surface area (Å²) in [7, 11) is 5.83. The summed E-state index contributed by atoms with van der Waals surface area (Å²) in [6.07, 6.45) is 3.39. The van der Waals surface area contributed by atoms with E-state index >= 15 is 0 Å². The van der Waals surface area contributed by atoms with Gasteiger partial charge < -0.3 is 33.4 Å². The molecule has 42 heavy (non-hydrogen) atoms. The van der Waals surface area contributed by atoms with Crippen molar-refractivity contribution in [1.29, 1.82) is 0 Å². The average molecular weight is 598 g/mol. The van der Waals surface area contributed by atoms with Crippen LogP contribution in [0.3, 0.4) is 0 Å². The highest BCUT2D eigenvalue weighted by atomic mass is 35.5. The third kappa shape index (κ3) is 5.79. The van der Waals surface area contributed by atoms with Gasteiger partial charge in [0.15, 0.2) is 17.2 Å². The molecule has 12 heteroatoms. The molecule has 2 aromatic heterocycles. The number of halogens is 1. The van der Waals surface area contributed by atoms with Gasteiger partial charge in [0.05, 0.1) is 60.1 Å². The fraction of sp³-hybridized carbons (Fsp3) is 0.300. The summed E-state index contributed by atoms with van der Waals surface area (Å²) in [5.41, 5.74) is 1.67. The molecule has 0 radical (unpaired) electrons. The molecule has 1 aliphatic rings. The highest BCUT2D eigenvalue weighted by molar-refractivity contribution is 6.07. The lowest BCUT2D eigenvalue weighted by atomic mass is 9.96. The molecule has 0 aliphatic carbocycles. The molecule has 11 nitrogen and oxygen atoms in total. The van der Waals surface area contributed by atoms with Gasteiger partial charge in [-0.05, 0) is 59.0 Å². The smallest absolute Gasteiger partial charge is 0.357 e. The zero-order valence-corrected chi connectivity index (χ0v) is 24.6. The van der Waals surface area contributed by atoms with Gasteiger partial charge in [0.1, 0.15) is 12.4 Å². The van der Waals surface area contributed by atoms with Gasteiger partial charge >= 0.3 is 5.97 Å². The Labute approximate surface area is 248 Å². The quantitative estimate of drug-likeness (QED) is 0.264. The van der Waals surface area contributed by atoms with E-state index in [-0.39, 0.29) is 23.7 Å². The van der Waals surface area contributed by atoms with Gasteiger partial charge in [-0.15, -0.1) is 12.4 Å². The highest BCUT2D eigenvalue weighted by Gasteiger charge is 2.29. The van der Waals surface area contributed by atoms with Gasteiger partial charge in [-0.25, -0.2) is 9.47 Å². The molecule has 2 aromatic carbocycles. The minimum Gasteiger partial charge on any atom is -0.493 e. The molecule has 1 aliphatic heterocycles. The molecular weight excluding hydrogens is 566 g/mol. The number of nitrogens with zero attached hydrogens (tertiary/aromatic N) is 3. The number of aromatic nitrogens is 2. The van der Waals surface area contributed by atoms with Crippen molar-refractivity contribution in [3.63, 3.8) is 0 Å². The van der Waals surface area contributed by atoms with E-state index in [0.717, 1.165) is 5.56 Å². The average Bonchev–Trinajstić information content (AvgIpc) is 3.03. The Morgan fingerprint density at radius 2 is 1.57 bits per heavy atom. The van der Waals surface area contributed by atoms with Crippen LogP contribution in [0, 0.1) is 0 Å². The predicted molar refractivity (Wildman–Crippen MR) is 159 cm³/mol. The number of rotatable bonds is 9. The molecule has 0 amide bonds. The second-order valence-electron chi connectivity index (χ2n) is 9.16. The lowest BCUT2D eigenvalue weighted by molar-refractivity contribution is 0.0580. The number of pyridine rings is 2. The number of hydrogen-bond donors (Lipinski definition) is 0. The number of methoxy groups -OCH3 is 4. The Bertz CT molecular complexity index is 1600. The van der Waals surface area contributed by atoms with Crippen molar-refractivity contribution in [2.75, 3.05) is 59.8 Å². The molecule has 4 aromatic rings. The van der Waals surface area contributed by atoms with Crippen molar-refractivity contribution in [3.05, 3.63) is 76.5 Å². The van der Waals surface area contributed by atoms with Gasteiger partial charge in [-0.1, -0.05) is 0 Å². The minimum absolute atomic E-state index is 0. The molecule has 0 bridgehead atoms. The third-order valence-electron chi connectivity index (χ3n) is 6.89. The van der Waals surface area contributed by atoms with E-state index in [9.17, 15) is 9.59 Å². The number of carbonyl (C=O) groups is 1. The highest BCUT2D eigenvalue weighted by Crippen LogP contribution is 2.43. The largest absolute Gasteiger partial charge is 0.493 e. The first-order valence-electron chi connectivity index (χ1n) is 13.0. The molecule has 0 unspecified atom stereocenters. The number of ether oxygens (including phenoxy) is 6. The summed E-state index contributed by atoms with van der Waals surface area (Å²) in [5, 5.41) is 2.69. The van der Waals surface area contributed by atoms with Crippen molar-refractivity contribution >= 4 is 29.1 Å². The Morgan fingerprint density at radius 1 is 0.905 bits per heavy atom. The molecular formula is C30H32ClN3O8. The Kier molecular flexibility index (Phi) is 9.76. The third-order valence-corrected chi connectivity index (χ3v) is 6.89. The fourth-order valence-electron chi connectivity index (χ4n) is 4.93. The maximum absolute atomic E-state index is 14.2. The zero-order valence-electron chi connectivity index (χ0n) is 23.7. The predicted octanol–water partition coefficient (Wildman–Crippen LogP) is 3.84. The van der Waals surface area contributed by atoms with E-state index in [1.165, 1.54) is 33.1 Å². The minimum atomic E-state index is -0.669.